The van der Waals surface area contributed by atoms with Gasteiger partial charge in [0.25, 0.3) is 0 Å². The van der Waals surface area contributed by atoms with Gasteiger partial charge in [-0.05, 0) is 31.9 Å². The van der Waals surface area contributed by atoms with Crippen LogP contribution in [0.1, 0.15) is 44.7 Å². The standard InChI is InChI=1S/C14H21FN2/c1-4-7-17-14(9-11(3)5-2)12-6-8-16-10-13(12)15/h6,8,10,14,17H,3-5,7,9H2,1-2H3. The minimum Gasteiger partial charge on any atom is -0.310 e. The highest BCUT2D eigenvalue weighted by Crippen LogP contribution is 2.23. The van der Waals surface area contributed by atoms with Crippen LogP contribution in [0.4, 0.5) is 4.39 Å². The molecule has 17 heavy (non-hydrogen) atoms. The number of nitrogens with zero attached hydrogens (tertiary/aromatic N) is 1. The monoisotopic (exact) mass is 236 g/mol. The van der Waals surface area contributed by atoms with Crippen LogP contribution in [0.25, 0.3) is 0 Å². The third-order valence-corrected chi connectivity index (χ3v) is 2.81. The van der Waals surface area contributed by atoms with E-state index in [1.54, 1.807) is 12.3 Å². The van der Waals surface area contributed by atoms with Crippen molar-refractivity contribution in [2.45, 2.75) is 39.2 Å². The lowest BCUT2D eigenvalue weighted by atomic mass is 9.99. The third kappa shape index (κ3) is 4.27. The molecule has 1 unspecified atom stereocenters. The molecule has 0 saturated carbocycles. The molecule has 0 radical (unpaired) electrons. The van der Waals surface area contributed by atoms with Gasteiger partial charge in [0.1, 0.15) is 5.82 Å². The molecule has 94 valence electrons. The molecule has 3 heteroatoms. The fourth-order valence-electron chi connectivity index (χ4n) is 1.71. The molecule has 0 saturated heterocycles. The van der Waals surface area contributed by atoms with E-state index in [0.717, 1.165) is 31.4 Å². The molecular weight excluding hydrogens is 215 g/mol. The van der Waals surface area contributed by atoms with E-state index in [2.05, 4.69) is 30.7 Å². The zero-order valence-electron chi connectivity index (χ0n) is 10.7. The normalized spacial score (nSPS) is 12.4. The lowest BCUT2D eigenvalue weighted by Gasteiger charge is -2.20. The minimum absolute atomic E-state index is 0.00500. The van der Waals surface area contributed by atoms with Crippen molar-refractivity contribution in [2.24, 2.45) is 0 Å². The first-order valence-electron chi connectivity index (χ1n) is 6.18. The molecule has 1 N–H and O–H groups in total. The van der Waals surface area contributed by atoms with Crippen molar-refractivity contribution < 1.29 is 4.39 Å². The smallest absolute Gasteiger partial charge is 0.146 e. The van der Waals surface area contributed by atoms with Gasteiger partial charge < -0.3 is 5.32 Å². The summed E-state index contributed by atoms with van der Waals surface area (Å²) in [5, 5.41) is 3.36. The summed E-state index contributed by atoms with van der Waals surface area (Å²) < 4.78 is 13.7. The maximum atomic E-state index is 13.7. The Kier molecular flexibility index (Phi) is 5.84. The van der Waals surface area contributed by atoms with Gasteiger partial charge in [0.15, 0.2) is 0 Å². The molecule has 0 spiro atoms. The Morgan fingerprint density at radius 3 is 2.88 bits per heavy atom. The molecule has 0 aliphatic heterocycles. The van der Waals surface area contributed by atoms with Crippen LogP contribution in [0.5, 0.6) is 0 Å². The summed E-state index contributed by atoms with van der Waals surface area (Å²) in [7, 11) is 0. The summed E-state index contributed by atoms with van der Waals surface area (Å²) in [4.78, 5) is 3.78. The van der Waals surface area contributed by atoms with Crippen LogP contribution in [0.15, 0.2) is 30.6 Å². The highest BCUT2D eigenvalue weighted by Gasteiger charge is 2.15. The van der Waals surface area contributed by atoms with Crippen LogP contribution in [-0.4, -0.2) is 11.5 Å². The number of hydrogen-bond donors (Lipinski definition) is 1. The second-order valence-corrected chi connectivity index (χ2v) is 4.21. The molecule has 0 bridgehead atoms. The van der Waals surface area contributed by atoms with Gasteiger partial charge in [-0.1, -0.05) is 26.0 Å². The first-order chi connectivity index (χ1) is 8.19. The highest BCUT2D eigenvalue weighted by molar-refractivity contribution is 5.19. The third-order valence-electron chi connectivity index (χ3n) is 2.81. The SMILES string of the molecule is C=C(CC)CC(NCCC)c1ccncc1F. The summed E-state index contributed by atoms with van der Waals surface area (Å²) in [6, 6.07) is 1.75. The molecule has 2 nitrogen and oxygen atoms in total. The molecule has 0 aromatic carbocycles. The predicted octanol–water partition coefficient (Wildman–Crippen LogP) is 3.62. The van der Waals surface area contributed by atoms with Gasteiger partial charge in [0.2, 0.25) is 0 Å². The minimum atomic E-state index is -0.245. The first-order valence-corrected chi connectivity index (χ1v) is 6.18. The Labute approximate surface area is 103 Å². The number of rotatable bonds is 7. The van der Waals surface area contributed by atoms with Gasteiger partial charge in [0.05, 0.1) is 6.20 Å². The zero-order valence-corrected chi connectivity index (χ0v) is 10.7. The fraction of sp³-hybridized carbons (Fsp3) is 0.500. The summed E-state index contributed by atoms with van der Waals surface area (Å²) in [6.07, 6.45) is 5.63. The maximum absolute atomic E-state index is 13.7. The van der Waals surface area contributed by atoms with E-state index in [9.17, 15) is 4.39 Å². The topological polar surface area (TPSA) is 24.9 Å². The number of halogens is 1. The van der Waals surface area contributed by atoms with Crippen LogP contribution >= 0.6 is 0 Å². The number of aromatic nitrogens is 1. The Morgan fingerprint density at radius 1 is 1.53 bits per heavy atom. The molecule has 1 atom stereocenters. The van der Waals surface area contributed by atoms with Crippen molar-refractivity contribution in [3.05, 3.63) is 42.0 Å². The number of hydrogen-bond acceptors (Lipinski definition) is 2. The quantitative estimate of drug-likeness (QED) is 0.731. The molecule has 0 amide bonds. The van der Waals surface area contributed by atoms with Gasteiger partial charge in [-0.15, -0.1) is 0 Å². The first kappa shape index (κ1) is 13.8. The largest absolute Gasteiger partial charge is 0.310 e. The van der Waals surface area contributed by atoms with E-state index in [0.29, 0.717) is 5.56 Å². The Balaban J connectivity index is 2.81. The Bertz CT molecular complexity index is 363. The molecule has 1 aromatic heterocycles. The van der Waals surface area contributed by atoms with Gasteiger partial charge in [-0.2, -0.15) is 0 Å². The van der Waals surface area contributed by atoms with Crippen LogP contribution in [-0.2, 0) is 0 Å². The average Bonchev–Trinajstić information content (AvgIpc) is 2.35. The molecule has 1 heterocycles. The number of nitrogens with one attached hydrogen (secondary N) is 1. The molecule has 0 fully saturated rings. The zero-order chi connectivity index (χ0) is 12.7. The van der Waals surface area contributed by atoms with Crippen molar-refractivity contribution in [3.63, 3.8) is 0 Å². The van der Waals surface area contributed by atoms with Gasteiger partial charge in [-0.25, -0.2) is 4.39 Å². The summed E-state index contributed by atoms with van der Waals surface area (Å²) in [5.74, 6) is -0.245. The fourth-order valence-corrected chi connectivity index (χ4v) is 1.71. The van der Waals surface area contributed by atoms with Gasteiger partial charge >= 0.3 is 0 Å². The molecule has 0 aliphatic carbocycles. The van der Waals surface area contributed by atoms with Gasteiger partial charge in [0, 0.05) is 17.8 Å². The van der Waals surface area contributed by atoms with E-state index in [1.807, 2.05) is 0 Å². The lowest BCUT2D eigenvalue weighted by Crippen LogP contribution is -2.23. The molecule has 0 aliphatic rings. The van der Waals surface area contributed by atoms with E-state index >= 15 is 0 Å². The van der Waals surface area contributed by atoms with E-state index in [1.165, 1.54) is 6.20 Å². The van der Waals surface area contributed by atoms with Crippen molar-refractivity contribution in [2.75, 3.05) is 6.54 Å². The van der Waals surface area contributed by atoms with Crippen LogP contribution in [0, 0.1) is 5.82 Å². The lowest BCUT2D eigenvalue weighted by molar-refractivity contribution is 0.491. The molecule has 1 rings (SSSR count). The second kappa shape index (κ2) is 7.17. The predicted molar refractivity (Wildman–Crippen MR) is 69.3 cm³/mol. The Hall–Kier alpha value is -1.22. The summed E-state index contributed by atoms with van der Waals surface area (Å²) in [6.45, 7) is 9.05. The van der Waals surface area contributed by atoms with Crippen LogP contribution in [0.2, 0.25) is 0 Å². The maximum Gasteiger partial charge on any atom is 0.146 e. The van der Waals surface area contributed by atoms with Gasteiger partial charge in [-0.3, -0.25) is 4.98 Å². The van der Waals surface area contributed by atoms with E-state index in [4.69, 9.17) is 0 Å². The van der Waals surface area contributed by atoms with Crippen LogP contribution in [0.3, 0.4) is 0 Å². The van der Waals surface area contributed by atoms with Crippen LogP contribution < -0.4 is 5.32 Å². The highest BCUT2D eigenvalue weighted by atomic mass is 19.1. The van der Waals surface area contributed by atoms with Crippen molar-refractivity contribution in [1.29, 1.82) is 0 Å². The number of pyridine rings is 1. The van der Waals surface area contributed by atoms with E-state index in [-0.39, 0.29) is 11.9 Å². The summed E-state index contributed by atoms with van der Waals surface area (Å²) in [5.41, 5.74) is 1.82. The Morgan fingerprint density at radius 2 is 2.29 bits per heavy atom. The molecule has 1 aromatic rings. The molecular formula is C14H21FN2. The van der Waals surface area contributed by atoms with Crippen molar-refractivity contribution >= 4 is 0 Å². The van der Waals surface area contributed by atoms with Crippen molar-refractivity contribution in [3.8, 4) is 0 Å². The van der Waals surface area contributed by atoms with Crippen molar-refractivity contribution in [1.82, 2.24) is 10.3 Å². The average molecular weight is 236 g/mol. The van der Waals surface area contributed by atoms with E-state index < -0.39 is 0 Å². The summed E-state index contributed by atoms with van der Waals surface area (Å²) >= 11 is 0. The second-order valence-electron chi connectivity index (χ2n) is 4.21.